The number of halogens is 2. The van der Waals surface area contributed by atoms with Crippen LogP contribution in [-0.2, 0) is 11.2 Å². The Morgan fingerprint density at radius 3 is 2.60 bits per heavy atom. The van der Waals surface area contributed by atoms with Crippen molar-refractivity contribution in [3.63, 3.8) is 0 Å². The van der Waals surface area contributed by atoms with Gasteiger partial charge in [-0.05, 0) is 43.2 Å². The summed E-state index contributed by atoms with van der Waals surface area (Å²) in [5, 5.41) is 24.8. The molecule has 2 aliphatic carbocycles. The number of nitrogens with zero attached hydrogens (tertiary/aromatic N) is 5. The standard InChI is InChI=1S/C29H32F2N6O4S/c1-15(2)28(27(41)32-18-7-8-18)9-10-29(14-28)35(3)26(40)22-24(39)23(38)19(13-37(22)36(29)4)25-34-33-21(42-25)11-16-5-6-17(30)12-20(16)31/h5-6,12-13,15,18,39H,7-11,14H2,1-4H3,(H,32,41)/t28-,29?/m0/s1. The molecule has 1 unspecified atom stereocenters. The zero-order chi connectivity index (χ0) is 30.1. The second-order valence-electron chi connectivity index (χ2n) is 11.9. The van der Waals surface area contributed by atoms with Crippen molar-refractivity contribution >= 4 is 23.2 Å². The summed E-state index contributed by atoms with van der Waals surface area (Å²) in [6, 6.07) is 3.47. The van der Waals surface area contributed by atoms with Crippen molar-refractivity contribution in [1.29, 1.82) is 0 Å². The fourth-order valence-electron chi connectivity index (χ4n) is 6.38. The molecule has 42 heavy (non-hydrogen) atoms. The lowest BCUT2D eigenvalue weighted by Crippen LogP contribution is -2.67. The molecule has 2 fully saturated rings. The number of carbonyl (C=O) groups is 2. The Labute approximate surface area is 244 Å². The summed E-state index contributed by atoms with van der Waals surface area (Å²) in [7, 11) is 3.42. The maximum Gasteiger partial charge on any atom is 0.278 e. The molecular formula is C29H32F2N6O4S. The van der Waals surface area contributed by atoms with E-state index in [-0.39, 0.29) is 46.1 Å². The molecule has 13 heteroatoms. The highest BCUT2D eigenvalue weighted by molar-refractivity contribution is 7.14. The van der Waals surface area contributed by atoms with Gasteiger partial charge in [0.05, 0.1) is 11.0 Å². The first-order valence-electron chi connectivity index (χ1n) is 14.0. The Balaban J connectivity index is 1.37. The minimum absolute atomic E-state index is 0.000608. The molecule has 0 bridgehead atoms. The fraction of sp³-hybridized carbons (Fsp3) is 0.483. The van der Waals surface area contributed by atoms with Gasteiger partial charge in [-0.3, -0.25) is 24.1 Å². The first-order valence-corrected chi connectivity index (χ1v) is 14.8. The number of aromatic nitrogens is 3. The Kier molecular flexibility index (Phi) is 6.63. The molecule has 222 valence electrons. The number of amides is 2. The predicted molar refractivity (Wildman–Crippen MR) is 152 cm³/mol. The molecule has 6 rings (SSSR count). The van der Waals surface area contributed by atoms with Crippen molar-refractivity contribution in [2.45, 2.75) is 64.1 Å². The number of pyridine rings is 1. The lowest BCUT2D eigenvalue weighted by molar-refractivity contribution is -0.134. The van der Waals surface area contributed by atoms with E-state index in [0.29, 0.717) is 24.3 Å². The highest BCUT2D eigenvalue weighted by atomic mass is 32.1. The summed E-state index contributed by atoms with van der Waals surface area (Å²) in [4.78, 5) is 42.1. The van der Waals surface area contributed by atoms with E-state index in [1.165, 1.54) is 21.8 Å². The molecule has 0 radical (unpaired) electrons. The fourth-order valence-corrected chi connectivity index (χ4v) is 7.25. The van der Waals surface area contributed by atoms with Gasteiger partial charge in [0.15, 0.2) is 16.5 Å². The summed E-state index contributed by atoms with van der Waals surface area (Å²) >= 11 is 1.04. The van der Waals surface area contributed by atoms with Crippen molar-refractivity contribution < 1.29 is 23.5 Å². The van der Waals surface area contributed by atoms with Crippen LogP contribution < -0.4 is 15.8 Å². The van der Waals surface area contributed by atoms with Gasteiger partial charge in [-0.2, -0.15) is 0 Å². The lowest BCUT2D eigenvalue weighted by Gasteiger charge is -2.52. The van der Waals surface area contributed by atoms with E-state index < -0.39 is 39.8 Å². The van der Waals surface area contributed by atoms with E-state index >= 15 is 0 Å². The van der Waals surface area contributed by atoms with Crippen LogP contribution in [0, 0.1) is 23.0 Å². The number of nitrogens with one attached hydrogen (secondary N) is 1. The van der Waals surface area contributed by atoms with Crippen molar-refractivity contribution in [2.24, 2.45) is 11.3 Å². The number of benzene rings is 1. The van der Waals surface area contributed by atoms with E-state index in [1.54, 1.807) is 14.1 Å². The van der Waals surface area contributed by atoms with Gasteiger partial charge in [-0.25, -0.2) is 8.78 Å². The van der Waals surface area contributed by atoms with Crippen molar-refractivity contribution in [2.75, 3.05) is 19.1 Å². The smallest absolute Gasteiger partial charge is 0.278 e. The van der Waals surface area contributed by atoms with Crippen LogP contribution in [0.15, 0.2) is 29.2 Å². The molecule has 1 aliphatic heterocycles. The Hall–Kier alpha value is -3.87. The Morgan fingerprint density at radius 2 is 1.93 bits per heavy atom. The average molecular weight is 599 g/mol. The molecule has 1 spiro atoms. The van der Waals surface area contributed by atoms with E-state index in [0.717, 1.165) is 36.3 Å². The Morgan fingerprint density at radius 1 is 1.19 bits per heavy atom. The van der Waals surface area contributed by atoms with E-state index in [1.807, 2.05) is 18.9 Å². The van der Waals surface area contributed by atoms with Gasteiger partial charge in [0.2, 0.25) is 11.3 Å². The third-order valence-electron chi connectivity index (χ3n) is 9.32. The van der Waals surface area contributed by atoms with Gasteiger partial charge in [0.25, 0.3) is 5.91 Å². The normalized spacial score (nSPS) is 23.6. The number of hydrogen-bond donors (Lipinski definition) is 2. The number of fused-ring (bicyclic) bond motifs is 1. The van der Waals surface area contributed by atoms with Gasteiger partial charge >= 0.3 is 0 Å². The average Bonchev–Trinajstić information content (AvgIpc) is 3.47. The molecule has 3 aromatic rings. The molecule has 0 saturated heterocycles. The quantitative estimate of drug-likeness (QED) is 0.446. The first-order chi connectivity index (χ1) is 19.9. The molecule has 10 nitrogen and oxygen atoms in total. The number of rotatable bonds is 6. The van der Waals surface area contributed by atoms with Crippen LogP contribution >= 0.6 is 11.3 Å². The lowest BCUT2D eigenvalue weighted by atomic mass is 9.74. The van der Waals surface area contributed by atoms with Gasteiger partial charge in [0.1, 0.15) is 22.3 Å². The highest BCUT2D eigenvalue weighted by Crippen LogP contribution is 2.53. The monoisotopic (exact) mass is 598 g/mol. The minimum Gasteiger partial charge on any atom is -0.502 e. The molecule has 3 heterocycles. The Bertz CT molecular complexity index is 1670. The molecule has 2 saturated carbocycles. The number of aromatic hydroxyl groups is 1. The zero-order valence-corrected chi connectivity index (χ0v) is 24.6. The van der Waals surface area contributed by atoms with Crippen LogP contribution in [0.4, 0.5) is 8.78 Å². The molecular weight excluding hydrogens is 566 g/mol. The zero-order valence-electron chi connectivity index (χ0n) is 23.8. The van der Waals surface area contributed by atoms with Crippen LogP contribution in [0.3, 0.4) is 0 Å². The third kappa shape index (κ3) is 4.27. The van der Waals surface area contributed by atoms with Crippen LogP contribution in [0.25, 0.3) is 10.6 Å². The van der Waals surface area contributed by atoms with Crippen molar-refractivity contribution in [1.82, 2.24) is 25.1 Å². The number of hydrogen-bond acceptors (Lipinski definition) is 8. The first kappa shape index (κ1) is 28.3. The van der Waals surface area contributed by atoms with E-state index in [2.05, 4.69) is 15.5 Å². The third-order valence-corrected chi connectivity index (χ3v) is 10.3. The van der Waals surface area contributed by atoms with Gasteiger partial charge in [-0.15, -0.1) is 10.2 Å². The largest absolute Gasteiger partial charge is 0.502 e. The molecule has 2 amide bonds. The van der Waals surface area contributed by atoms with E-state index in [9.17, 15) is 28.3 Å². The summed E-state index contributed by atoms with van der Waals surface area (Å²) in [6.07, 6.45) is 4.90. The minimum atomic E-state index is -0.888. The molecule has 2 N–H and O–H groups in total. The number of carbonyl (C=O) groups excluding carboxylic acids is 2. The van der Waals surface area contributed by atoms with Crippen LogP contribution in [-0.4, -0.2) is 62.5 Å². The van der Waals surface area contributed by atoms with Crippen molar-refractivity contribution in [3.8, 4) is 16.3 Å². The summed E-state index contributed by atoms with van der Waals surface area (Å²) < 4.78 is 29.0. The second-order valence-corrected chi connectivity index (χ2v) is 13.0. The van der Waals surface area contributed by atoms with Crippen molar-refractivity contribution in [3.05, 3.63) is 62.5 Å². The summed E-state index contributed by atoms with van der Waals surface area (Å²) in [6.45, 7) is 4.05. The predicted octanol–water partition coefficient (Wildman–Crippen LogP) is 3.40. The van der Waals surface area contributed by atoms with Crippen LogP contribution in [0.1, 0.15) is 67.0 Å². The highest BCUT2D eigenvalue weighted by Gasteiger charge is 2.61. The topological polar surface area (TPSA) is 121 Å². The maximum absolute atomic E-state index is 14.2. The maximum atomic E-state index is 14.2. The molecule has 2 atom stereocenters. The van der Waals surface area contributed by atoms with Crippen LogP contribution in [0.5, 0.6) is 5.75 Å². The van der Waals surface area contributed by atoms with E-state index in [4.69, 9.17) is 0 Å². The van der Waals surface area contributed by atoms with Gasteiger partial charge in [-0.1, -0.05) is 31.3 Å². The molecule has 1 aromatic carbocycles. The summed E-state index contributed by atoms with van der Waals surface area (Å²) in [5.41, 5.74) is -2.30. The second kappa shape index (κ2) is 9.85. The van der Waals surface area contributed by atoms with Gasteiger partial charge in [0, 0.05) is 45.2 Å². The summed E-state index contributed by atoms with van der Waals surface area (Å²) in [5.74, 6) is -2.64. The van der Waals surface area contributed by atoms with Gasteiger partial charge < -0.3 is 15.3 Å². The SMILES string of the molecule is CC(C)[C@]1(C(=O)NC2CC2)CCC2(C1)N(C)C(=O)c1c(O)c(=O)c(-c3nnc(Cc4ccc(F)cc4F)s3)cn1N2C. The van der Waals surface area contributed by atoms with Crippen LogP contribution in [0.2, 0.25) is 0 Å². The molecule has 3 aliphatic rings. The molecule has 2 aromatic heterocycles.